The first kappa shape index (κ1) is 14.8. The molecule has 0 saturated carbocycles. The van der Waals surface area contributed by atoms with E-state index in [4.69, 9.17) is 16.3 Å². The Labute approximate surface area is 120 Å². The lowest BCUT2D eigenvalue weighted by Gasteiger charge is -2.24. The average molecular weight is 286 g/mol. The van der Waals surface area contributed by atoms with E-state index in [1.807, 2.05) is 14.0 Å². The molecule has 3 unspecified atom stereocenters. The molecule has 0 bridgehead atoms. The molecule has 1 N–H and O–H groups in total. The molecule has 19 heavy (non-hydrogen) atoms. The van der Waals surface area contributed by atoms with E-state index in [1.54, 1.807) is 4.68 Å². The molecule has 3 atom stereocenters. The summed E-state index contributed by atoms with van der Waals surface area (Å²) < 4.78 is 7.75. The first-order valence-corrected chi connectivity index (χ1v) is 7.47. The molecule has 108 valence electrons. The molecule has 0 aliphatic carbocycles. The van der Waals surface area contributed by atoms with Crippen molar-refractivity contribution in [3.8, 4) is 0 Å². The Morgan fingerprint density at radius 3 is 2.74 bits per heavy atom. The lowest BCUT2D eigenvalue weighted by molar-refractivity contribution is 0.0324. The standard InChI is InChI=1S/C14H24ClN3O/c1-5-16-12(13-7-6-9(2)19-13)8-11-10(3)17-18(4)14(11)15/h9,12-13,16H,5-8H2,1-4H3. The normalized spacial score (nSPS) is 24.9. The minimum absolute atomic E-state index is 0.283. The summed E-state index contributed by atoms with van der Waals surface area (Å²) in [6.45, 7) is 7.23. The van der Waals surface area contributed by atoms with Crippen molar-refractivity contribution in [3.05, 3.63) is 16.4 Å². The molecular formula is C14H24ClN3O. The third kappa shape index (κ3) is 3.30. The van der Waals surface area contributed by atoms with Gasteiger partial charge >= 0.3 is 0 Å². The van der Waals surface area contributed by atoms with Crippen LogP contribution < -0.4 is 5.32 Å². The number of nitrogens with one attached hydrogen (secondary N) is 1. The molecule has 5 heteroatoms. The lowest BCUT2D eigenvalue weighted by Crippen LogP contribution is -2.41. The van der Waals surface area contributed by atoms with Gasteiger partial charge in [-0.05, 0) is 39.7 Å². The molecular weight excluding hydrogens is 262 g/mol. The zero-order valence-corrected chi connectivity index (χ0v) is 13.0. The van der Waals surface area contributed by atoms with Crippen LogP contribution in [0.2, 0.25) is 5.15 Å². The van der Waals surface area contributed by atoms with Crippen LogP contribution in [0, 0.1) is 6.92 Å². The van der Waals surface area contributed by atoms with Crippen LogP contribution in [0.25, 0.3) is 0 Å². The smallest absolute Gasteiger partial charge is 0.130 e. The second-order valence-electron chi connectivity index (χ2n) is 5.41. The van der Waals surface area contributed by atoms with E-state index in [2.05, 4.69) is 24.3 Å². The van der Waals surface area contributed by atoms with Gasteiger partial charge in [0.15, 0.2) is 0 Å². The average Bonchev–Trinajstić information content (AvgIpc) is 2.88. The Bertz CT molecular complexity index is 433. The van der Waals surface area contributed by atoms with Gasteiger partial charge in [-0.1, -0.05) is 18.5 Å². The van der Waals surface area contributed by atoms with Gasteiger partial charge in [0, 0.05) is 18.7 Å². The van der Waals surface area contributed by atoms with E-state index in [9.17, 15) is 0 Å². The van der Waals surface area contributed by atoms with Gasteiger partial charge in [-0.2, -0.15) is 5.10 Å². The van der Waals surface area contributed by atoms with E-state index >= 15 is 0 Å². The van der Waals surface area contributed by atoms with Crippen molar-refractivity contribution in [2.75, 3.05) is 6.54 Å². The van der Waals surface area contributed by atoms with Crippen LogP contribution in [0.4, 0.5) is 0 Å². The van der Waals surface area contributed by atoms with Crippen LogP contribution >= 0.6 is 11.6 Å². The quantitative estimate of drug-likeness (QED) is 0.903. The largest absolute Gasteiger partial charge is 0.374 e. The van der Waals surface area contributed by atoms with Gasteiger partial charge in [0.05, 0.1) is 17.9 Å². The number of ether oxygens (including phenoxy) is 1. The highest BCUT2D eigenvalue weighted by atomic mass is 35.5. The Kier molecular flexibility index (Phi) is 4.87. The third-order valence-electron chi connectivity index (χ3n) is 3.87. The first-order valence-electron chi connectivity index (χ1n) is 7.09. The van der Waals surface area contributed by atoms with Crippen molar-refractivity contribution in [2.45, 2.75) is 58.3 Å². The number of likely N-dealkylation sites (N-methyl/N-ethyl adjacent to an activating group) is 1. The second kappa shape index (κ2) is 6.25. The summed E-state index contributed by atoms with van der Waals surface area (Å²) in [6, 6.07) is 0.315. The fourth-order valence-corrected chi connectivity index (χ4v) is 3.10. The summed E-state index contributed by atoms with van der Waals surface area (Å²) >= 11 is 6.33. The maximum absolute atomic E-state index is 6.33. The van der Waals surface area contributed by atoms with E-state index in [0.717, 1.165) is 42.2 Å². The zero-order chi connectivity index (χ0) is 14.0. The summed E-state index contributed by atoms with van der Waals surface area (Å²) in [5, 5.41) is 8.66. The second-order valence-corrected chi connectivity index (χ2v) is 5.77. The first-order chi connectivity index (χ1) is 9.02. The summed E-state index contributed by atoms with van der Waals surface area (Å²) in [6.07, 6.45) is 3.80. The fraction of sp³-hybridized carbons (Fsp3) is 0.786. The van der Waals surface area contributed by atoms with E-state index in [-0.39, 0.29) is 6.10 Å². The van der Waals surface area contributed by atoms with Crippen molar-refractivity contribution in [1.29, 1.82) is 0 Å². The van der Waals surface area contributed by atoms with Gasteiger partial charge < -0.3 is 10.1 Å². The van der Waals surface area contributed by atoms with Crippen LogP contribution in [0.15, 0.2) is 0 Å². The number of hydrogen-bond acceptors (Lipinski definition) is 3. The van der Waals surface area contributed by atoms with Gasteiger partial charge in [0.1, 0.15) is 5.15 Å². The Balaban J connectivity index is 2.12. The van der Waals surface area contributed by atoms with Gasteiger partial charge in [0.2, 0.25) is 0 Å². The molecule has 0 aromatic carbocycles. The molecule has 0 spiro atoms. The van der Waals surface area contributed by atoms with Gasteiger partial charge in [0.25, 0.3) is 0 Å². The van der Waals surface area contributed by atoms with E-state index in [1.165, 1.54) is 0 Å². The Morgan fingerprint density at radius 2 is 2.26 bits per heavy atom. The predicted octanol–water partition coefficient (Wildman–Crippen LogP) is 2.47. The molecule has 4 nitrogen and oxygen atoms in total. The SMILES string of the molecule is CCNC(Cc1c(C)nn(C)c1Cl)C1CCC(C)O1. The molecule has 1 aromatic heterocycles. The maximum atomic E-state index is 6.33. The molecule has 1 aliphatic heterocycles. The highest BCUT2D eigenvalue weighted by molar-refractivity contribution is 6.30. The van der Waals surface area contributed by atoms with Crippen LogP contribution in [0.5, 0.6) is 0 Å². The van der Waals surface area contributed by atoms with Gasteiger partial charge in [-0.25, -0.2) is 0 Å². The van der Waals surface area contributed by atoms with Gasteiger partial charge in [-0.15, -0.1) is 0 Å². The predicted molar refractivity (Wildman–Crippen MR) is 77.7 cm³/mol. The number of hydrogen-bond donors (Lipinski definition) is 1. The molecule has 1 saturated heterocycles. The highest BCUT2D eigenvalue weighted by Gasteiger charge is 2.30. The van der Waals surface area contributed by atoms with Crippen molar-refractivity contribution in [3.63, 3.8) is 0 Å². The topological polar surface area (TPSA) is 39.1 Å². The minimum atomic E-state index is 0.283. The van der Waals surface area contributed by atoms with E-state index < -0.39 is 0 Å². The summed E-state index contributed by atoms with van der Waals surface area (Å²) in [4.78, 5) is 0. The van der Waals surface area contributed by atoms with Gasteiger partial charge in [-0.3, -0.25) is 4.68 Å². The van der Waals surface area contributed by atoms with Crippen molar-refractivity contribution in [2.24, 2.45) is 7.05 Å². The molecule has 1 aromatic rings. The molecule has 1 fully saturated rings. The summed E-state index contributed by atoms with van der Waals surface area (Å²) in [7, 11) is 1.88. The van der Waals surface area contributed by atoms with E-state index in [0.29, 0.717) is 12.1 Å². The summed E-state index contributed by atoms with van der Waals surface area (Å²) in [5.41, 5.74) is 2.15. The third-order valence-corrected chi connectivity index (χ3v) is 4.35. The number of aromatic nitrogens is 2. The number of nitrogens with zero attached hydrogens (tertiary/aromatic N) is 2. The molecule has 2 heterocycles. The zero-order valence-electron chi connectivity index (χ0n) is 12.2. The number of rotatable bonds is 5. The van der Waals surface area contributed by atoms with Crippen molar-refractivity contribution in [1.82, 2.24) is 15.1 Å². The van der Waals surface area contributed by atoms with Crippen LogP contribution in [-0.4, -0.2) is 34.6 Å². The van der Waals surface area contributed by atoms with Crippen molar-refractivity contribution >= 4 is 11.6 Å². The van der Waals surface area contributed by atoms with Crippen molar-refractivity contribution < 1.29 is 4.74 Å². The lowest BCUT2D eigenvalue weighted by atomic mass is 9.99. The van der Waals surface area contributed by atoms with Crippen LogP contribution in [0.1, 0.15) is 37.9 Å². The monoisotopic (exact) mass is 285 g/mol. The number of halogens is 1. The summed E-state index contributed by atoms with van der Waals surface area (Å²) in [5.74, 6) is 0. The fourth-order valence-electron chi connectivity index (χ4n) is 2.85. The van der Waals surface area contributed by atoms with Crippen LogP contribution in [-0.2, 0) is 18.2 Å². The molecule has 0 amide bonds. The Hall–Kier alpha value is -0.580. The highest BCUT2D eigenvalue weighted by Crippen LogP contribution is 2.26. The Morgan fingerprint density at radius 1 is 1.53 bits per heavy atom. The molecule has 2 rings (SSSR count). The maximum Gasteiger partial charge on any atom is 0.130 e. The molecule has 1 aliphatic rings. The minimum Gasteiger partial charge on any atom is -0.374 e. The molecule has 0 radical (unpaired) electrons. The number of aryl methyl sites for hydroxylation is 2. The van der Waals surface area contributed by atoms with Crippen LogP contribution in [0.3, 0.4) is 0 Å².